The summed E-state index contributed by atoms with van der Waals surface area (Å²) in [6.07, 6.45) is 0.495. The molecule has 23 heavy (non-hydrogen) atoms. The van der Waals surface area contributed by atoms with Crippen molar-refractivity contribution in [3.63, 3.8) is 0 Å². The summed E-state index contributed by atoms with van der Waals surface area (Å²) >= 11 is 0. The average molecular weight is 310 g/mol. The molecule has 0 spiro atoms. The molecule has 1 heterocycles. The van der Waals surface area contributed by atoms with Crippen LogP contribution in [0.2, 0.25) is 0 Å². The molecule has 2 atom stereocenters. The van der Waals surface area contributed by atoms with Crippen molar-refractivity contribution in [2.75, 3.05) is 6.61 Å². The molecule has 0 saturated heterocycles. The topological polar surface area (TPSA) is 81.4 Å². The average Bonchev–Trinajstić information content (AvgIpc) is 2.59. The van der Waals surface area contributed by atoms with Gasteiger partial charge < -0.3 is 10.5 Å². The van der Waals surface area contributed by atoms with Gasteiger partial charge in [0.25, 0.3) is 0 Å². The minimum Gasteiger partial charge on any atom is -0.486 e. The first kappa shape index (κ1) is 15.2. The molecule has 0 bridgehead atoms. The molecule has 3 rings (SSSR count). The van der Waals surface area contributed by atoms with Gasteiger partial charge in [0, 0.05) is 0 Å². The summed E-state index contributed by atoms with van der Waals surface area (Å²) in [4.78, 5) is 24.1. The zero-order valence-corrected chi connectivity index (χ0v) is 12.6. The van der Waals surface area contributed by atoms with Crippen LogP contribution in [0.15, 0.2) is 54.6 Å². The predicted octanol–water partition coefficient (Wildman–Crippen LogP) is 1.38. The number of fused-ring (bicyclic) bond motifs is 1. The van der Waals surface area contributed by atoms with Gasteiger partial charge in [0.15, 0.2) is 5.78 Å². The fourth-order valence-electron chi connectivity index (χ4n) is 2.78. The van der Waals surface area contributed by atoms with Crippen LogP contribution in [0.3, 0.4) is 0 Å². The molecular formula is C18H18N2O3. The third-order valence-corrected chi connectivity index (χ3v) is 3.95. The lowest BCUT2D eigenvalue weighted by Crippen LogP contribution is -2.50. The van der Waals surface area contributed by atoms with E-state index in [2.05, 4.69) is 5.32 Å². The molecule has 0 aromatic heterocycles. The van der Waals surface area contributed by atoms with Crippen LogP contribution in [-0.2, 0) is 16.0 Å². The summed E-state index contributed by atoms with van der Waals surface area (Å²) < 4.78 is 5.53. The second kappa shape index (κ2) is 6.62. The third-order valence-electron chi connectivity index (χ3n) is 3.95. The van der Waals surface area contributed by atoms with E-state index in [-0.39, 0.29) is 12.4 Å². The first-order chi connectivity index (χ1) is 11.1. The van der Waals surface area contributed by atoms with E-state index < -0.39 is 18.0 Å². The van der Waals surface area contributed by atoms with Gasteiger partial charge in [0.05, 0.1) is 12.1 Å². The maximum atomic E-state index is 12.6. The lowest BCUT2D eigenvalue weighted by molar-refractivity contribution is -0.125. The predicted molar refractivity (Wildman–Crippen MR) is 85.9 cm³/mol. The van der Waals surface area contributed by atoms with Crippen LogP contribution < -0.4 is 15.8 Å². The number of para-hydroxylation sites is 1. The van der Waals surface area contributed by atoms with Crippen LogP contribution in [0.4, 0.5) is 0 Å². The number of ether oxygens (including phenoxy) is 1. The zero-order valence-electron chi connectivity index (χ0n) is 12.6. The molecule has 1 aliphatic rings. The van der Waals surface area contributed by atoms with Crippen molar-refractivity contribution in [2.45, 2.75) is 18.5 Å². The Hall–Kier alpha value is -2.66. The summed E-state index contributed by atoms with van der Waals surface area (Å²) in [5, 5.41) is 3.04. The van der Waals surface area contributed by atoms with Gasteiger partial charge in [-0.25, -0.2) is 0 Å². The number of rotatable bonds is 5. The number of hydrogen-bond donors (Lipinski definition) is 2. The van der Waals surface area contributed by atoms with E-state index in [4.69, 9.17) is 10.5 Å². The number of nitrogens with two attached hydrogens (primary N) is 1. The Morgan fingerprint density at radius 2 is 1.78 bits per heavy atom. The SMILES string of the molecule is NC(=O)C1Cc2ccccc2C(C(=O)COc2ccccc2)N1. The van der Waals surface area contributed by atoms with Crippen molar-refractivity contribution >= 4 is 11.7 Å². The Balaban J connectivity index is 1.77. The normalized spacial score (nSPS) is 19.7. The maximum absolute atomic E-state index is 12.6. The molecule has 2 unspecified atom stereocenters. The smallest absolute Gasteiger partial charge is 0.234 e. The highest BCUT2D eigenvalue weighted by Gasteiger charge is 2.33. The zero-order chi connectivity index (χ0) is 16.2. The van der Waals surface area contributed by atoms with Gasteiger partial charge in [-0.2, -0.15) is 0 Å². The van der Waals surface area contributed by atoms with Gasteiger partial charge in [-0.3, -0.25) is 14.9 Å². The molecular weight excluding hydrogens is 292 g/mol. The van der Waals surface area contributed by atoms with E-state index in [9.17, 15) is 9.59 Å². The molecule has 3 N–H and O–H groups in total. The summed E-state index contributed by atoms with van der Waals surface area (Å²) in [7, 11) is 0. The number of benzene rings is 2. The van der Waals surface area contributed by atoms with E-state index in [0.29, 0.717) is 12.2 Å². The second-order valence-corrected chi connectivity index (χ2v) is 5.53. The van der Waals surface area contributed by atoms with E-state index in [0.717, 1.165) is 11.1 Å². The van der Waals surface area contributed by atoms with Crippen molar-refractivity contribution in [1.29, 1.82) is 0 Å². The van der Waals surface area contributed by atoms with E-state index in [1.54, 1.807) is 12.1 Å². The molecule has 5 heteroatoms. The lowest BCUT2D eigenvalue weighted by atomic mass is 9.88. The number of primary amides is 1. The first-order valence-corrected chi connectivity index (χ1v) is 7.49. The Bertz CT molecular complexity index is 715. The number of carbonyl (C=O) groups is 2. The van der Waals surface area contributed by atoms with Crippen molar-refractivity contribution < 1.29 is 14.3 Å². The number of amides is 1. The van der Waals surface area contributed by atoms with Crippen LogP contribution in [-0.4, -0.2) is 24.3 Å². The van der Waals surface area contributed by atoms with Crippen LogP contribution in [0.5, 0.6) is 5.75 Å². The van der Waals surface area contributed by atoms with E-state index in [1.165, 1.54) is 0 Å². The Morgan fingerprint density at radius 1 is 1.09 bits per heavy atom. The van der Waals surface area contributed by atoms with Crippen LogP contribution >= 0.6 is 0 Å². The summed E-state index contributed by atoms with van der Waals surface area (Å²) in [6, 6.07) is 15.6. The van der Waals surface area contributed by atoms with E-state index >= 15 is 0 Å². The Morgan fingerprint density at radius 3 is 2.52 bits per heavy atom. The molecule has 118 valence electrons. The molecule has 1 amide bonds. The van der Waals surface area contributed by atoms with Crippen molar-refractivity contribution in [1.82, 2.24) is 5.32 Å². The number of Topliss-reactive ketones (excluding diaryl/α,β-unsaturated/α-hetero) is 1. The molecule has 0 radical (unpaired) electrons. The quantitative estimate of drug-likeness (QED) is 0.874. The first-order valence-electron chi connectivity index (χ1n) is 7.49. The summed E-state index contributed by atoms with van der Waals surface area (Å²) in [5.41, 5.74) is 7.25. The minimum atomic E-state index is -0.582. The monoisotopic (exact) mass is 310 g/mol. The maximum Gasteiger partial charge on any atom is 0.234 e. The molecule has 5 nitrogen and oxygen atoms in total. The van der Waals surface area contributed by atoms with Gasteiger partial charge >= 0.3 is 0 Å². The van der Waals surface area contributed by atoms with Crippen molar-refractivity contribution in [2.24, 2.45) is 5.73 Å². The van der Waals surface area contributed by atoms with Crippen molar-refractivity contribution in [3.8, 4) is 5.75 Å². The fourth-order valence-corrected chi connectivity index (χ4v) is 2.78. The molecule has 0 aliphatic carbocycles. The van der Waals surface area contributed by atoms with Gasteiger partial charge in [0.2, 0.25) is 5.91 Å². The number of ketones is 1. The molecule has 2 aromatic rings. The van der Waals surface area contributed by atoms with Gasteiger partial charge in [-0.05, 0) is 29.7 Å². The minimum absolute atomic E-state index is 0.0680. The molecule has 2 aromatic carbocycles. The molecule has 0 saturated carbocycles. The number of carbonyl (C=O) groups excluding carboxylic acids is 2. The highest BCUT2D eigenvalue weighted by molar-refractivity contribution is 5.89. The summed E-state index contributed by atoms with van der Waals surface area (Å²) in [5.74, 6) is 0.0462. The highest BCUT2D eigenvalue weighted by Crippen LogP contribution is 2.26. The van der Waals surface area contributed by atoms with Gasteiger partial charge in [0.1, 0.15) is 12.4 Å². The van der Waals surface area contributed by atoms with Crippen molar-refractivity contribution in [3.05, 3.63) is 65.7 Å². The van der Waals surface area contributed by atoms with Gasteiger partial charge in [-0.1, -0.05) is 42.5 Å². The number of hydrogen-bond acceptors (Lipinski definition) is 4. The second-order valence-electron chi connectivity index (χ2n) is 5.53. The molecule has 1 aliphatic heterocycles. The van der Waals surface area contributed by atoms with E-state index in [1.807, 2.05) is 42.5 Å². The van der Waals surface area contributed by atoms with Crippen LogP contribution in [0.1, 0.15) is 17.2 Å². The Kier molecular flexibility index (Phi) is 4.39. The largest absolute Gasteiger partial charge is 0.486 e. The van der Waals surface area contributed by atoms with Crippen LogP contribution in [0, 0.1) is 0 Å². The lowest BCUT2D eigenvalue weighted by Gasteiger charge is -2.30. The number of nitrogens with one attached hydrogen (secondary N) is 1. The van der Waals surface area contributed by atoms with Crippen LogP contribution in [0.25, 0.3) is 0 Å². The fraction of sp³-hybridized carbons (Fsp3) is 0.222. The highest BCUT2D eigenvalue weighted by atomic mass is 16.5. The molecule has 0 fully saturated rings. The third kappa shape index (κ3) is 3.40. The standard InChI is InChI=1S/C18H18N2O3/c19-18(22)15-10-12-6-4-5-9-14(12)17(20-15)16(21)11-23-13-7-2-1-3-8-13/h1-9,15,17,20H,10-11H2,(H2,19,22). The summed E-state index contributed by atoms with van der Waals surface area (Å²) in [6.45, 7) is -0.0680. The Labute approximate surface area is 134 Å². The van der Waals surface area contributed by atoms with Gasteiger partial charge in [-0.15, -0.1) is 0 Å².